The molecule has 0 aliphatic heterocycles. The monoisotopic (exact) mass is 300 g/mol. The Balaban J connectivity index is 5.54. The molecular weight excluding hydrogens is 299 g/mol. The van der Waals surface area contributed by atoms with Crippen LogP contribution in [0.1, 0.15) is 0 Å². The van der Waals surface area contributed by atoms with E-state index in [0.29, 0.717) is 0 Å². The van der Waals surface area contributed by atoms with Crippen molar-refractivity contribution in [3.8, 4) is 0 Å². The van der Waals surface area contributed by atoms with Gasteiger partial charge in [0.2, 0.25) is 0 Å². The largest absolute Gasteiger partial charge is 0.460 e. The Morgan fingerprint density at radius 1 is 0.706 bits per heavy atom. The van der Waals surface area contributed by atoms with Crippen LogP contribution in [0.3, 0.4) is 0 Å². The molecule has 0 amide bonds. The minimum atomic E-state index is -7.17. The van der Waals surface area contributed by atoms with Gasteiger partial charge in [-0.15, -0.1) is 0 Å². The van der Waals surface area contributed by atoms with Crippen LogP contribution < -0.4 is 0 Å². The van der Waals surface area contributed by atoms with Gasteiger partial charge >= 0.3 is 24.1 Å². The molecule has 0 bridgehead atoms. The summed E-state index contributed by atoms with van der Waals surface area (Å²) in [5, 5.41) is 0. The van der Waals surface area contributed by atoms with E-state index in [4.69, 9.17) is 0 Å². The van der Waals surface area contributed by atoms with Crippen molar-refractivity contribution in [2.75, 3.05) is 0 Å². The lowest BCUT2D eigenvalue weighted by Gasteiger charge is -2.31. The van der Waals surface area contributed by atoms with Crippen molar-refractivity contribution < 1.29 is 52.1 Å². The van der Waals surface area contributed by atoms with Gasteiger partial charge in [-0.3, -0.25) is 0 Å². The summed E-state index contributed by atoms with van der Waals surface area (Å²) in [7, 11) is -4.77. The molecule has 17 heavy (non-hydrogen) atoms. The van der Waals surface area contributed by atoms with Gasteiger partial charge in [0.1, 0.15) is 0 Å². The quantitative estimate of drug-likeness (QED) is 0.637. The maximum atomic E-state index is 12.2. The van der Waals surface area contributed by atoms with E-state index >= 15 is 0 Å². The van der Waals surface area contributed by atoms with E-state index < -0.39 is 35.1 Å². The standard InChI is InChI=1S/C4HF9O3S/c5-1(6,3(9,10)11)2(7,8)4(12,13)16-17(14)15/h17H. The molecule has 0 aromatic carbocycles. The first kappa shape index (κ1) is 16.3. The summed E-state index contributed by atoms with van der Waals surface area (Å²) in [5.74, 6) is -14.3. The molecule has 0 aliphatic carbocycles. The third-order valence-corrected chi connectivity index (χ3v) is 1.68. The Labute approximate surface area is 88.3 Å². The molecule has 0 aromatic heterocycles. The first-order chi connectivity index (χ1) is 7.17. The van der Waals surface area contributed by atoms with E-state index in [1.165, 1.54) is 0 Å². The summed E-state index contributed by atoms with van der Waals surface area (Å²) in [6.07, 6.45) is -13.6. The molecule has 0 heterocycles. The lowest BCUT2D eigenvalue weighted by molar-refractivity contribution is -0.427. The van der Waals surface area contributed by atoms with E-state index in [1.54, 1.807) is 0 Å². The fourth-order valence-electron chi connectivity index (χ4n) is 0.512. The van der Waals surface area contributed by atoms with Gasteiger partial charge in [0, 0.05) is 0 Å². The summed E-state index contributed by atoms with van der Waals surface area (Å²) in [4.78, 5) is 0. The Morgan fingerprint density at radius 2 is 1.06 bits per heavy atom. The molecule has 0 saturated heterocycles. The van der Waals surface area contributed by atoms with Crippen molar-refractivity contribution in [1.29, 1.82) is 0 Å². The highest BCUT2D eigenvalue weighted by atomic mass is 32.2. The molecule has 0 unspecified atom stereocenters. The van der Waals surface area contributed by atoms with E-state index in [-0.39, 0.29) is 0 Å². The average Bonchev–Trinajstić information content (AvgIpc) is 1.98. The third kappa shape index (κ3) is 2.75. The maximum Gasteiger partial charge on any atom is 0.460 e. The molecule has 0 aliphatic rings. The first-order valence-electron chi connectivity index (χ1n) is 3.20. The van der Waals surface area contributed by atoms with E-state index in [9.17, 15) is 47.9 Å². The molecule has 13 heteroatoms. The van der Waals surface area contributed by atoms with Gasteiger partial charge in [-0.1, -0.05) is 0 Å². The van der Waals surface area contributed by atoms with Crippen LogP contribution in [-0.2, 0) is 15.2 Å². The smallest absolute Gasteiger partial charge is 0.202 e. The molecule has 0 saturated carbocycles. The SMILES string of the molecule is O=[SH](=O)OC(F)(F)C(F)(F)C(F)(F)C(F)(F)F. The van der Waals surface area contributed by atoms with Crippen LogP contribution in [0.25, 0.3) is 0 Å². The highest BCUT2D eigenvalue weighted by Crippen LogP contribution is 2.53. The minimum absolute atomic E-state index is 2.07. The van der Waals surface area contributed by atoms with Crippen molar-refractivity contribution in [1.82, 2.24) is 0 Å². The van der Waals surface area contributed by atoms with Crippen LogP contribution in [0.2, 0.25) is 0 Å². The molecule has 0 atom stereocenters. The summed E-state index contributed by atoms with van der Waals surface area (Å²) in [6, 6.07) is 0. The summed E-state index contributed by atoms with van der Waals surface area (Å²) < 4.78 is 128. The topological polar surface area (TPSA) is 43.4 Å². The van der Waals surface area contributed by atoms with Crippen LogP contribution >= 0.6 is 0 Å². The van der Waals surface area contributed by atoms with Crippen LogP contribution in [0.15, 0.2) is 0 Å². The molecule has 0 rings (SSSR count). The number of hydrogen-bond donors (Lipinski definition) is 1. The fraction of sp³-hybridized carbons (Fsp3) is 1.00. The average molecular weight is 300 g/mol. The Hall–Kier alpha value is -0.720. The zero-order chi connectivity index (χ0) is 14.3. The molecule has 0 N–H and O–H groups in total. The van der Waals surface area contributed by atoms with Gasteiger partial charge in [0.25, 0.3) is 11.0 Å². The summed E-state index contributed by atoms with van der Waals surface area (Å²) in [6.45, 7) is 0. The van der Waals surface area contributed by atoms with E-state index in [1.807, 2.05) is 0 Å². The first-order valence-corrected chi connectivity index (χ1v) is 4.30. The normalized spacial score (nSPS) is 15.4. The zero-order valence-corrected chi connectivity index (χ0v) is 7.97. The second-order valence-electron chi connectivity index (χ2n) is 2.48. The second-order valence-corrected chi connectivity index (χ2v) is 3.11. The van der Waals surface area contributed by atoms with E-state index in [0.717, 1.165) is 0 Å². The Bertz CT molecular complexity index is 348. The molecule has 0 aromatic rings. The zero-order valence-electron chi connectivity index (χ0n) is 7.07. The fourth-order valence-corrected chi connectivity index (χ4v) is 0.814. The summed E-state index contributed by atoms with van der Waals surface area (Å²) in [5.41, 5.74) is 0. The van der Waals surface area contributed by atoms with Crippen molar-refractivity contribution in [2.45, 2.75) is 24.1 Å². The molecule has 0 fully saturated rings. The molecule has 3 nitrogen and oxygen atoms in total. The van der Waals surface area contributed by atoms with Gasteiger partial charge in [-0.05, 0) is 0 Å². The predicted molar refractivity (Wildman–Crippen MR) is 32.3 cm³/mol. The Kier molecular flexibility index (Phi) is 4.01. The minimum Gasteiger partial charge on any atom is -0.202 e. The van der Waals surface area contributed by atoms with Crippen molar-refractivity contribution >= 4 is 11.0 Å². The van der Waals surface area contributed by atoms with Gasteiger partial charge < -0.3 is 0 Å². The highest BCUT2D eigenvalue weighted by molar-refractivity contribution is 7.67. The van der Waals surface area contributed by atoms with Crippen molar-refractivity contribution in [2.24, 2.45) is 0 Å². The number of thiol groups is 1. The number of alkyl halides is 9. The number of hydrogen-bond acceptors (Lipinski definition) is 3. The molecule has 0 radical (unpaired) electrons. The lowest BCUT2D eigenvalue weighted by atomic mass is 10.1. The number of rotatable bonds is 4. The molecule has 104 valence electrons. The lowest BCUT2D eigenvalue weighted by Crippen LogP contribution is -2.61. The van der Waals surface area contributed by atoms with Gasteiger partial charge in [0.15, 0.2) is 0 Å². The summed E-state index contributed by atoms with van der Waals surface area (Å²) >= 11 is 0. The molecule has 0 spiro atoms. The maximum absolute atomic E-state index is 12.2. The third-order valence-electron chi connectivity index (χ3n) is 1.31. The van der Waals surface area contributed by atoms with Crippen molar-refractivity contribution in [3.63, 3.8) is 0 Å². The van der Waals surface area contributed by atoms with Crippen LogP contribution in [0.5, 0.6) is 0 Å². The van der Waals surface area contributed by atoms with Gasteiger partial charge in [-0.2, -0.15) is 43.7 Å². The highest BCUT2D eigenvalue weighted by Gasteiger charge is 2.83. The van der Waals surface area contributed by atoms with Crippen LogP contribution in [0.4, 0.5) is 39.5 Å². The number of halogens is 9. The second kappa shape index (κ2) is 4.19. The van der Waals surface area contributed by atoms with Gasteiger partial charge in [-0.25, -0.2) is 8.42 Å². The van der Waals surface area contributed by atoms with Crippen LogP contribution in [0, 0.1) is 0 Å². The molecular formula is C4HF9O3S. The van der Waals surface area contributed by atoms with Crippen LogP contribution in [-0.4, -0.2) is 32.5 Å². The van der Waals surface area contributed by atoms with E-state index in [2.05, 4.69) is 4.18 Å². The Morgan fingerprint density at radius 3 is 1.29 bits per heavy atom. The van der Waals surface area contributed by atoms with Gasteiger partial charge in [0.05, 0.1) is 0 Å². The predicted octanol–water partition coefficient (Wildman–Crippen LogP) is 1.96. The van der Waals surface area contributed by atoms with Crippen molar-refractivity contribution in [3.05, 3.63) is 0 Å².